The van der Waals surface area contributed by atoms with Crippen molar-refractivity contribution in [1.29, 1.82) is 5.41 Å². The van der Waals surface area contributed by atoms with Gasteiger partial charge in [-0.1, -0.05) is 23.2 Å². The average molecular weight is 356 g/mol. The molecule has 1 saturated heterocycles. The van der Waals surface area contributed by atoms with Crippen molar-refractivity contribution < 1.29 is 9.90 Å². The van der Waals surface area contributed by atoms with Crippen LogP contribution in [-0.2, 0) is 11.2 Å². The lowest BCUT2D eigenvalue weighted by Gasteiger charge is -2.32. The molecule has 0 aliphatic carbocycles. The molecule has 0 saturated carbocycles. The smallest absolute Gasteiger partial charge is 0.256 e. The maximum Gasteiger partial charge on any atom is 0.256 e. The number of piperidine rings is 1. The molecule has 0 atom stereocenters. The molecule has 1 aromatic rings. The first kappa shape index (κ1) is 17.6. The number of hydrogen-bond acceptors (Lipinski definition) is 4. The topological polar surface area (TPSA) is 90.4 Å². The van der Waals surface area contributed by atoms with E-state index in [1.807, 2.05) is 0 Å². The van der Waals surface area contributed by atoms with Gasteiger partial charge in [0.1, 0.15) is 5.75 Å². The van der Waals surface area contributed by atoms with Gasteiger partial charge in [-0.3, -0.25) is 4.79 Å². The van der Waals surface area contributed by atoms with E-state index in [4.69, 9.17) is 34.3 Å². The van der Waals surface area contributed by atoms with Gasteiger partial charge < -0.3 is 21.1 Å². The van der Waals surface area contributed by atoms with Crippen LogP contribution in [0.15, 0.2) is 23.9 Å². The Morgan fingerprint density at radius 2 is 1.96 bits per heavy atom. The first-order valence-corrected chi connectivity index (χ1v) is 8.10. The summed E-state index contributed by atoms with van der Waals surface area (Å²) in [5.74, 6) is 0.292. The molecule has 0 aromatic heterocycles. The van der Waals surface area contributed by atoms with Gasteiger partial charge in [0.2, 0.25) is 0 Å². The van der Waals surface area contributed by atoms with Crippen molar-refractivity contribution in [2.24, 2.45) is 11.7 Å². The van der Waals surface area contributed by atoms with Crippen molar-refractivity contribution in [1.82, 2.24) is 4.90 Å². The van der Waals surface area contributed by atoms with Crippen LogP contribution in [0.2, 0.25) is 10.0 Å². The van der Waals surface area contributed by atoms with Crippen molar-refractivity contribution >= 4 is 35.3 Å². The van der Waals surface area contributed by atoms with Crippen molar-refractivity contribution in [3.8, 4) is 5.75 Å². The fourth-order valence-corrected chi connectivity index (χ4v) is 3.10. The summed E-state index contributed by atoms with van der Waals surface area (Å²) in [4.78, 5) is 13.8. The highest BCUT2D eigenvalue weighted by Crippen LogP contribution is 2.33. The first-order chi connectivity index (χ1) is 11.0. The molecule has 7 heteroatoms. The number of likely N-dealkylation sites (tertiary alicyclic amines) is 1. The van der Waals surface area contributed by atoms with Gasteiger partial charge in [0, 0.05) is 31.6 Å². The molecule has 1 amide bonds. The van der Waals surface area contributed by atoms with E-state index in [0.29, 0.717) is 35.5 Å². The zero-order valence-electron chi connectivity index (χ0n) is 12.6. The van der Waals surface area contributed by atoms with Crippen LogP contribution in [-0.4, -0.2) is 35.2 Å². The standard InChI is InChI=1S/C16H19Cl2N3O2/c17-13-6-11(15(22)7-14(13)18)5-10-1-3-21(4-2-10)16(23)12(8-19)9-20/h6-10,19,22H,1-5,20H2/b12-9+,19-8?. The monoisotopic (exact) mass is 355 g/mol. The van der Waals surface area contributed by atoms with E-state index in [0.717, 1.165) is 30.8 Å². The third-order valence-electron chi connectivity index (χ3n) is 4.11. The second-order valence-corrected chi connectivity index (χ2v) is 6.42. The Kier molecular flexibility index (Phi) is 5.91. The van der Waals surface area contributed by atoms with Crippen molar-refractivity contribution in [2.45, 2.75) is 19.3 Å². The molecule has 1 aliphatic rings. The number of carbonyl (C=O) groups is 1. The van der Waals surface area contributed by atoms with E-state index in [2.05, 4.69) is 0 Å². The van der Waals surface area contributed by atoms with Gasteiger partial charge in [0.05, 0.1) is 15.6 Å². The van der Waals surface area contributed by atoms with Gasteiger partial charge in [-0.15, -0.1) is 0 Å². The second-order valence-electron chi connectivity index (χ2n) is 5.60. The third-order valence-corrected chi connectivity index (χ3v) is 4.84. The van der Waals surface area contributed by atoms with Crippen LogP contribution >= 0.6 is 23.2 Å². The van der Waals surface area contributed by atoms with Crippen molar-refractivity contribution in [3.05, 3.63) is 39.5 Å². The summed E-state index contributed by atoms with van der Waals surface area (Å²) in [7, 11) is 0. The molecule has 2 rings (SSSR count). The Hall–Kier alpha value is -1.72. The molecule has 0 radical (unpaired) electrons. The lowest BCUT2D eigenvalue weighted by Crippen LogP contribution is -2.40. The largest absolute Gasteiger partial charge is 0.508 e. The van der Waals surface area contributed by atoms with Crippen LogP contribution in [0.4, 0.5) is 0 Å². The molecule has 1 aliphatic heterocycles. The number of amides is 1. The van der Waals surface area contributed by atoms with Crippen LogP contribution in [0.25, 0.3) is 0 Å². The lowest BCUT2D eigenvalue weighted by atomic mass is 9.89. The summed E-state index contributed by atoms with van der Waals surface area (Å²) < 4.78 is 0. The molecular weight excluding hydrogens is 337 g/mol. The summed E-state index contributed by atoms with van der Waals surface area (Å²) in [5.41, 5.74) is 6.32. The van der Waals surface area contributed by atoms with Crippen molar-refractivity contribution in [2.75, 3.05) is 13.1 Å². The molecule has 0 spiro atoms. The summed E-state index contributed by atoms with van der Waals surface area (Å²) in [5, 5.41) is 17.9. The molecule has 0 bridgehead atoms. The van der Waals surface area contributed by atoms with E-state index in [-0.39, 0.29) is 17.2 Å². The van der Waals surface area contributed by atoms with Crippen LogP contribution in [0.3, 0.4) is 0 Å². The zero-order chi connectivity index (χ0) is 17.0. The number of benzene rings is 1. The van der Waals surface area contributed by atoms with Crippen LogP contribution in [0.1, 0.15) is 18.4 Å². The number of aromatic hydroxyl groups is 1. The number of phenolic OH excluding ortho intramolecular Hbond substituents is 1. The number of rotatable bonds is 4. The Balaban J connectivity index is 1.96. The Morgan fingerprint density at radius 3 is 2.52 bits per heavy atom. The van der Waals surface area contributed by atoms with Gasteiger partial charge in [0.15, 0.2) is 0 Å². The van der Waals surface area contributed by atoms with E-state index in [1.165, 1.54) is 6.07 Å². The maximum absolute atomic E-state index is 12.1. The molecule has 0 unspecified atom stereocenters. The summed E-state index contributed by atoms with van der Waals surface area (Å²) in [6, 6.07) is 3.15. The summed E-state index contributed by atoms with van der Waals surface area (Å²) in [6.45, 7) is 1.22. The maximum atomic E-state index is 12.1. The third kappa shape index (κ3) is 4.18. The van der Waals surface area contributed by atoms with Gasteiger partial charge >= 0.3 is 0 Å². The number of phenols is 1. The van der Waals surface area contributed by atoms with Crippen molar-refractivity contribution in [3.63, 3.8) is 0 Å². The van der Waals surface area contributed by atoms with Gasteiger partial charge in [-0.25, -0.2) is 0 Å². The highest BCUT2D eigenvalue weighted by Gasteiger charge is 2.25. The molecule has 23 heavy (non-hydrogen) atoms. The van der Waals surface area contributed by atoms with Gasteiger partial charge in [-0.05, 0) is 36.8 Å². The first-order valence-electron chi connectivity index (χ1n) is 7.34. The number of carbonyl (C=O) groups excluding carboxylic acids is 1. The minimum atomic E-state index is -0.210. The zero-order valence-corrected chi connectivity index (χ0v) is 14.1. The number of nitrogens with one attached hydrogen (secondary N) is 1. The SMILES string of the molecule is N=C/C(=C\N)C(=O)N1CCC(Cc2cc(Cl)c(Cl)cc2O)CC1. The van der Waals surface area contributed by atoms with Gasteiger partial charge in [-0.2, -0.15) is 0 Å². The number of nitrogens with two attached hydrogens (primary N) is 1. The molecule has 5 nitrogen and oxygen atoms in total. The highest BCUT2D eigenvalue weighted by atomic mass is 35.5. The second kappa shape index (κ2) is 7.70. The molecule has 4 N–H and O–H groups in total. The molecular formula is C16H19Cl2N3O2. The fourth-order valence-electron chi connectivity index (χ4n) is 2.76. The summed E-state index contributed by atoms with van der Waals surface area (Å²) >= 11 is 11.9. The van der Waals surface area contributed by atoms with E-state index in [9.17, 15) is 9.90 Å². The predicted octanol–water partition coefficient (Wildman–Crippen LogP) is 2.97. The van der Waals surface area contributed by atoms with E-state index in [1.54, 1.807) is 11.0 Å². The Labute approximate surface area is 145 Å². The van der Waals surface area contributed by atoms with Crippen LogP contribution < -0.4 is 5.73 Å². The average Bonchev–Trinajstić information content (AvgIpc) is 2.54. The lowest BCUT2D eigenvalue weighted by molar-refractivity contribution is -0.127. The van der Waals surface area contributed by atoms with E-state index < -0.39 is 0 Å². The molecule has 1 fully saturated rings. The Morgan fingerprint density at radius 1 is 1.35 bits per heavy atom. The number of nitrogens with zero attached hydrogens (tertiary/aromatic N) is 1. The normalized spacial score (nSPS) is 16.4. The summed E-state index contributed by atoms with van der Waals surface area (Å²) in [6.07, 6.45) is 4.47. The number of hydrogen-bond donors (Lipinski definition) is 3. The number of halogens is 2. The predicted molar refractivity (Wildman–Crippen MR) is 92.2 cm³/mol. The minimum Gasteiger partial charge on any atom is -0.508 e. The van der Waals surface area contributed by atoms with E-state index >= 15 is 0 Å². The van der Waals surface area contributed by atoms with Crippen LogP contribution in [0, 0.1) is 11.3 Å². The van der Waals surface area contributed by atoms with Gasteiger partial charge in [0.25, 0.3) is 5.91 Å². The van der Waals surface area contributed by atoms with Crippen LogP contribution in [0.5, 0.6) is 5.75 Å². The minimum absolute atomic E-state index is 0.148. The molecule has 1 heterocycles. The molecule has 1 aromatic carbocycles. The fraction of sp³-hybridized carbons (Fsp3) is 0.375. The Bertz CT molecular complexity index is 638. The highest BCUT2D eigenvalue weighted by molar-refractivity contribution is 6.42. The molecule has 124 valence electrons. The quantitative estimate of drug-likeness (QED) is 0.572.